The standard InChI is InChI=1S/C22H24F2N2O4/c1-29-17-6-8-20(30-2)14(11-17)13-26(16-4-5-16)21(27)9-10-25-22(28)18-7-3-15(23)12-19(18)24/h3,6-8,11-12,16H,4-5,9-10,13H2,1-2H3,(H,25,28). The van der Waals surface area contributed by atoms with Gasteiger partial charge in [-0.05, 0) is 43.2 Å². The molecule has 1 N–H and O–H groups in total. The first kappa shape index (κ1) is 21.5. The lowest BCUT2D eigenvalue weighted by Crippen LogP contribution is -2.36. The summed E-state index contributed by atoms with van der Waals surface area (Å²) in [6.45, 7) is 0.414. The minimum absolute atomic E-state index is 0.0486. The van der Waals surface area contributed by atoms with E-state index in [0.717, 1.165) is 30.5 Å². The molecule has 160 valence electrons. The van der Waals surface area contributed by atoms with Gasteiger partial charge in [0.2, 0.25) is 5.91 Å². The van der Waals surface area contributed by atoms with Gasteiger partial charge in [-0.2, -0.15) is 0 Å². The number of methoxy groups -OCH3 is 2. The highest BCUT2D eigenvalue weighted by Crippen LogP contribution is 2.32. The number of nitrogens with zero attached hydrogens (tertiary/aromatic N) is 1. The molecule has 8 heteroatoms. The fourth-order valence-electron chi connectivity index (χ4n) is 3.19. The maximum absolute atomic E-state index is 13.7. The Morgan fingerprint density at radius 3 is 2.50 bits per heavy atom. The number of rotatable bonds is 9. The first-order valence-corrected chi connectivity index (χ1v) is 9.66. The average Bonchev–Trinajstić information content (AvgIpc) is 3.56. The Labute approximate surface area is 173 Å². The summed E-state index contributed by atoms with van der Waals surface area (Å²) < 4.78 is 37.3. The van der Waals surface area contributed by atoms with Gasteiger partial charge in [-0.15, -0.1) is 0 Å². The van der Waals surface area contributed by atoms with E-state index in [2.05, 4.69) is 5.32 Å². The lowest BCUT2D eigenvalue weighted by Gasteiger charge is -2.24. The van der Waals surface area contributed by atoms with Crippen molar-refractivity contribution in [2.45, 2.75) is 31.8 Å². The van der Waals surface area contributed by atoms with Gasteiger partial charge in [-0.1, -0.05) is 0 Å². The Kier molecular flexibility index (Phi) is 6.87. The monoisotopic (exact) mass is 418 g/mol. The van der Waals surface area contributed by atoms with Gasteiger partial charge in [0.1, 0.15) is 23.1 Å². The fourth-order valence-corrected chi connectivity index (χ4v) is 3.19. The molecule has 6 nitrogen and oxygen atoms in total. The molecule has 0 heterocycles. The number of nitrogens with one attached hydrogen (secondary N) is 1. The van der Waals surface area contributed by atoms with Crippen molar-refractivity contribution in [1.29, 1.82) is 0 Å². The van der Waals surface area contributed by atoms with Gasteiger partial charge < -0.3 is 19.7 Å². The van der Waals surface area contributed by atoms with Crippen molar-refractivity contribution in [3.8, 4) is 11.5 Å². The van der Waals surface area contributed by atoms with Crippen LogP contribution in [0.3, 0.4) is 0 Å². The molecule has 0 aromatic heterocycles. The van der Waals surface area contributed by atoms with Crippen molar-refractivity contribution in [2.24, 2.45) is 0 Å². The van der Waals surface area contributed by atoms with E-state index < -0.39 is 17.5 Å². The van der Waals surface area contributed by atoms with E-state index in [4.69, 9.17) is 9.47 Å². The number of hydrogen-bond donors (Lipinski definition) is 1. The molecule has 0 unspecified atom stereocenters. The number of benzene rings is 2. The Balaban J connectivity index is 1.61. The minimum atomic E-state index is -0.941. The van der Waals surface area contributed by atoms with Crippen LogP contribution in [0, 0.1) is 11.6 Å². The summed E-state index contributed by atoms with van der Waals surface area (Å²) in [5.41, 5.74) is 0.568. The SMILES string of the molecule is COc1ccc(OC)c(CN(C(=O)CCNC(=O)c2ccc(F)cc2F)C2CC2)c1. The molecule has 1 aliphatic carbocycles. The third-order valence-corrected chi connectivity index (χ3v) is 4.94. The summed E-state index contributed by atoms with van der Waals surface area (Å²) in [5.74, 6) is -1.18. The molecule has 0 spiro atoms. The van der Waals surface area contributed by atoms with Crippen LogP contribution in [0.5, 0.6) is 11.5 Å². The number of amides is 2. The molecule has 0 saturated heterocycles. The molecule has 2 aromatic carbocycles. The second kappa shape index (κ2) is 9.56. The highest BCUT2D eigenvalue weighted by atomic mass is 19.1. The van der Waals surface area contributed by atoms with E-state index in [9.17, 15) is 18.4 Å². The van der Waals surface area contributed by atoms with Gasteiger partial charge >= 0.3 is 0 Å². The lowest BCUT2D eigenvalue weighted by molar-refractivity contribution is -0.132. The van der Waals surface area contributed by atoms with Crippen LogP contribution in [0.25, 0.3) is 0 Å². The zero-order valence-corrected chi connectivity index (χ0v) is 16.9. The smallest absolute Gasteiger partial charge is 0.254 e. The van der Waals surface area contributed by atoms with Crippen molar-refractivity contribution in [3.63, 3.8) is 0 Å². The summed E-state index contributed by atoms with van der Waals surface area (Å²) in [5, 5.41) is 2.52. The predicted octanol–water partition coefficient (Wildman–Crippen LogP) is 3.29. The largest absolute Gasteiger partial charge is 0.497 e. The van der Waals surface area contributed by atoms with Gasteiger partial charge in [-0.3, -0.25) is 9.59 Å². The van der Waals surface area contributed by atoms with Gasteiger partial charge in [0.05, 0.1) is 19.8 Å². The zero-order valence-electron chi connectivity index (χ0n) is 16.9. The van der Waals surface area contributed by atoms with Crippen LogP contribution in [-0.4, -0.2) is 43.5 Å². The Morgan fingerprint density at radius 2 is 1.87 bits per heavy atom. The summed E-state index contributed by atoms with van der Waals surface area (Å²) >= 11 is 0. The van der Waals surface area contributed by atoms with Gasteiger partial charge in [-0.25, -0.2) is 8.78 Å². The van der Waals surface area contributed by atoms with Gasteiger partial charge in [0, 0.05) is 37.2 Å². The van der Waals surface area contributed by atoms with Gasteiger partial charge in [0.15, 0.2) is 0 Å². The normalized spacial score (nSPS) is 12.9. The van der Waals surface area contributed by atoms with Crippen molar-refractivity contribution in [1.82, 2.24) is 10.2 Å². The second-order valence-electron chi connectivity index (χ2n) is 7.06. The molecule has 0 aliphatic heterocycles. The third kappa shape index (κ3) is 5.25. The molecular weight excluding hydrogens is 394 g/mol. The van der Waals surface area contributed by atoms with Crippen molar-refractivity contribution in [2.75, 3.05) is 20.8 Å². The van der Waals surface area contributed by atoms with E-state index >= 15 is 0 Å². The van der Waals surface area contributed by atoms with E-state index in [0.29, 0.717) is 24.1 Å². The highest BCUT2D eigenvalue weighted by molar-refractivity contribution is 5.94. The molecule has 1 saturated carbocycles. The van der Waals surface area contributed by atoms with E-state index in [-0.39, 0.29) is 30.5 Å². The lowest BCUT2D eigenvalue weighted by atomic mass is 10.1. The van der Waals surface area contributed by atoms with Crippen molar-refractivity contribution in [3.05, 3.63) is 59.2 Å². The number of ether oxygens (including phenoxy) is 2. The molecule has 0 atom stereocenters. The maximum atomic E-state index is 13.7. The molecule has 2 aromatic rings. The summed E-state index contributed by atoms with van der Waals surface area (Å²) in [4.78, 5) is 26.6. The second-order valence-corrected chi connectivity index (χ2v) is 7.06. The summed E-state index contributed by atoms with van der Waals surface area (Å²) in [6, 6.07) is 8.31. The molecular formula is C22H24F2N2O4. The van der Waals surface area contributed by atoms with Crippen LogP contribution in [0.15, 0.2) is 36.4 Å². The molecule has 0 radical (unpaired) electrons. The summed E-state index contributed by atoms with van der Waals surface area (Å²) in [7, 11) is 3.14. The van der Waals surface area contributed by atoms with Crippen molar-refractivity contribution < 1.29 is 27.8 Å². The van der Waals surface area contributed by atoms with Crippen LogP contribution < -0.4 is 14.8 Å². The average molecular weight is 418 g/mol. The number of halogens is 2. The first-order valence-electron chi connectivity index (χ1n) is 9.66. The zero-order chi connectivity index (χ0) is 21.7. The van der Waals surface area contributed by atoms with E-state index in [1.807, 2.05) is 6.07 Å². The Hall–Kier alpha value is -3.16. The maximum Gasteiger partial charge on any atom is 0.254 e. The Bertz CT molecular complexity index is 931. The van der Waals surface area contributed by atoms with Crippen LogP contribution in [0.1, 0.15) is 35.2 Å². The van der Waals surface area contributed by atoms with Crippen LogP contribution >= 0.6 is 0 Å². The van der Waals surface area contributed by atoms with E-state index in [1.165, 1.54) is 0 Å². The van der Waals surface area contributed by atoms with Crippen LogP contribution in [0.4, 0.5) is 8.78 Å². The summed E-state index contributed by atoms with van der Waals surface area (Å²) in [6.07, 6.45) is 1.91. The number of carbonyl (C=O) groups is 2. The molecule has 1 aliphatic rings. The number of hydrogen-bond acceptors (Lipinski definition) is 4. The predicted molar refractivity (Wildman–Crippen MR) is 106 cm³/mol. The molecule has 3 rings (SSSR count). The molecule has 1 fully saturated rings. The third-order valence-electron chi connectivity index (χ3n) is 4.94. The minimum Gasteiger partial charge on any atom is -0.497 e. The van der Waals surface area contributed by atoms with Crippen molar-refractivity contribution >= 4 is 11.8 Å². The number of carbonyl (C=O) groups excluding carboxylic acids is 2. The molecule has 30 heavy (non-hydrogen) atoms. The quantitative estimate of drug-likeness (QED) is 0.679. The molecule has 2 amide bonds. The van der Waals surface area contributed by atoms with E-state index in [1.54, 1.807) is 31.3 Å². The van der Waals surface area contributed by atoms with Crippen LogP contribution in [0.2, 0.25) is 0 Å². The first-order chi connectivity index (χ1) is 14.4. The topological polar surface area (TPSA) is 67.9 Å². The Morgan fingerprint density at radius 1 is 1.10 bits per heavy atom. The highest BCUT2D eigenvalue weighted by Gasteiger charge is 2.33. The fraction of sp³-hybridized carbons (Fsp3) is 0.364. The van der Waals surface area contributed by atoms with Crippen LogP contribution in [-0.2, 0) is 11.3 Å². The van der Waals surface area contributed by atoms with Gasteiger partial charge in [0.25, 0.3) is 5.91 Å². The molecule has 0 bridgehead atoms.